The van der Waals surface area contributed by atoms with Crippen molar-refractivity contribution in [2.24, 2.45) is 0 Å². The van der Waals surface area contributed by atoms with Crippen molar-refractivity contribution in [1.29, 1.82) is 0 Å². The average Bonchev–Trinajstić information content (AvgIpc) is 3.02. The fraction of sp³-hybridized carbons (Fsp3) is 0.211. The predicted octanol–water partition coefficient (Wildman–Crippen LogP) is 3.18. The Bertz CT molecular complexity index is 855. The second-order valence-corrected chi connectivity index (χ2v) is 5.56. The number of nitrogens with zero attached hydrogens (tertiary/aromatic N) is 1. The number of ether oxygens (including phenoxy) is 1. The van der Waals surface area contributed by atoms with Crippen molar-refractivity contribution in [3.8, 4) is 11.5 Å². The number of hydrogen-bond acceptors (Lipinski definition) is 3. The van der Waals surface area contributed by atoms with Gasteiger partial charge in [-0.05, 0) is 42.1 Å². The molecule has 124 valence electrons. The van der Waals surface area contributed by atoms with Gasteiger partial charge in [-0.15, -0.1) is 0 Å². The number of carbonyl (C=O) groups is 1. The second-order valence-electron chi connectivity index (χ2n) is 5.56. The topological polar surface area (TPSA) is 63.5 Å². The third-order valence-electron chi connectivity index (χ3n) is 3.99. The van der Waals surface area contributed by atoms with Gasteiger partial charge >= 0.3 is 0 Å². The Hall–Kier alpha value is -2.95. The highest BCUT2D eigenvalue weighted by Gasteiger charge is 2.11. The molecule has 24 heavy (non-hydrogen) atoms. The molecule has 2 N–H and O–H groups in total. The zero-order valence-corrected chi connectivity index (χ0v) is 13.5. The van der Waals surface area contributed by atoms with Gasteiger partial charge in [0.2, 0.25) is 0 Å². The summed E-state index contributed by atoms with van der Waals surface area (Å²) in [4.78, 5) is 12.2. The van der Waals surface area contributed by atoms with E-state index in [0.29, 0.717) is 12.3 Å². The Morgan fingerprint density at radius 2 is 2.04 bits per heavy atom. The quantitative estimate of drug-likeness (QED) is 0.685. The first-order valence-electron chi connectivity index (χ1n) is 7.88. The molecule has 0 spiro atoms. The Morgan fingerprint density at radius 3 is 2.88 bits per heavy atom. The van der Waals surface area contributed by atoms with E-state index >= 15 is 0 Å². The van der Waals surface area contributed by atoms with Crippen LogP contribution >= 0.6 is 0 Å². The van der Waals surface area contributed by atoms with Crippen LogP contribution in [0.2, 0.25) is 0 Å². The highest BCUT2D eigenvalue weighted by molar-refractivity contribution is 5.97. The molecule has 3 aromatic rings. The highest BCUT2D eigenvalue weighted by atomic mass is 16.5. The van der Waals surface area contributed by atoms with Gasteiger partial charge in [0.25, 0.3) is 5.91 Å². The molecule has 0 unspecified atom stereocenters. The summed E-state index contributed by atoms with van der Waals surface area (Å²) in [7, 11) is 1.52. The van der Waals surface area contributed by atoms with Crippen molar-refractivity contribution in [3.63, 3.8) is 0 Å². The van der Waals surface area contributed by atoms with Crippen molar-refractivity contribution < 1.29 is 14.6 Å². The SMILES string of the molecule is COc1ccc(O)c(C(=O)NCCCn2ccc3ccccc32)c1. The summed E-state index contributed by atoms with van der Waals surface area (Å²) in [5.74, 6) is 0.185. The lowest BCUT2D eigenvalue weighted by atomic mass is 10.1. The maximum Gasteiger partial charge on any atom is 0.255 e. The van der Waals surface area contributed by atoms with Crippen LogP contribution in [0.1, 0.15) is 16.8 Å². The van der Waals surface area contributed by atoms with Crippen LogP contribution in [0.25, 0.3) is 10.9 Å². The summed E-state index contributed by atoms with van der Waals surface area (Å²) in [6, 6.07) is 14.9. The molecule has 0 aliphatic carbocycles. The number of aryl methyl sites for hydroxylation is 1. The Labute approximate surface area is 140 Å². The first kappa shape index (κ1) is 15.9. The Morgan fingerprint density at radius 1 is 1.21 bits per heavy atom. The van der Waals surface area contributed by atoms with Gasteiger partial charge in [-0.3, -0.25) is 4.79 Å². The third kappa shape index (κ3) is 3.35. The molecule has 0 atom stereocenters. The molecule has 0 radical (unpaired) electrons. The number of aromatic hydroxyl groups is 1. The van der Waals surface area contributed by atoms with Gasteiger partial charge in [0.05, 0.1) is 12.7 Å². The van der Waals surface area contributed by atoms with E-state index in [1.165, 1.54) is 30.1 Å². The van der Waals surface area contributed by atoms with Crippen molar-refractivity contribution in [2.75, 3.05) is 13.7 Å². The Balaban J connectivity index is 1.56. The Kier molecular flexibility index (Phi) is 4.70. The summed E-state index contributed by atoms with van der Waals surface area (Å²) in [5, 5.41) is 13.9. The number of nitrogens with one attached hydrogen (secondary N) is 1. The summed E-state index contributed by atoms with van der Waals surface area (Å²) in [6.07, 6.45) is 2.86. The van der Waals surface area contributed by atoms with Crippen molar-refractivity contribution >= 4 is 16.8 Å². The molecule has 2 aromatic carbocycles. The number of phenolic OH excluding ortho intramolecular Hbond substituents is 1. The molecule has 1 heterocycles. The van der Waals surface area contributed by atoms with Crippen LogP contribution in [0, 0.1) is 0 Å². The zero-order chi connectivity index (χ0) is 16.9. The third-order valence-corrected chi connectivity index (χ3v) is 3.99. The van der Waals surface area contributed by atoms with Gasteiger partial charge in [0, 0.05) is 24.8 Å². The monoisotopic (exact) mass is 324 g/mol. The number of carbonyl (C=O) groups excluding carboxylic acids is 1. The van der Waals surface area contributed by atoms with E-state index < -0.39 is 0 Å². The summed E-state index contributed by atoms with van der Waals surface area (Å²) in [6.45, 7) is 1.35. The minimum absolute atomic E-state index is 0.0512. The second kappa shape index (κ2) is 7.08. The number of fused-ring (bicyclic) bond motifs is 1. The lowest BCUT2D eigenvalue weighted by Crippen LogP contribution is -2.25. The van der Waals surface area contributed by atoms with E-state index in [4.69, 9.17) is 4.74 Å². The predicted molar refractivity (Wildman–Crippen MR) is 93.5 cm³/mol. The zero-order valence-electron chi connectivity index (χ0n) is 13.5. The van der Waals surface area contributed by atoms with Crippen LogP contribution in [-0.4, -0.2) is 29.2 Å². The van der Waals surface area contributed by atoms with Crippen LogP contribution in [-0.2, 0) is 6.54 Å². The molecule has 0 saturated heterocycles. The summed E-state index contributed by atoms with van der Waals surface area (Å²) >= 11 is 0. The fourth-order valence-corrected chi connectivity index (χ4v) is 2.71. The molecule has 1 amide bonds. The molecule has 3 rings (SSSR count). The van der Waals surface area contributed by atoms with Crippen LogP contribution in [0.5, 0.6) is 11.5 Å². The van der Waals surface area contributed by atoms with Crippen LogP contribution in [0.4, 0.5) is 0 Å². The van der Waals surface area contributed by atoms with Gasteiger partial charge in [0.15, 0.2) is 0 Å². The molecule has 0 aliphatic rings. The number of para-hydroxylation sites is 1. The van der Waals surface area contributed by atoms with Gasteiger partial charge in [-0.25, -0.2) is 0 Å². The number of benzene rings is 2. The van der Waals surface area contributed by atoms with E-state index in [0.717, 1.165) is 13.0 Å². The number of rotatable bonds is 6. The van der Waals surface area contributed by atoms with Gasteiger partial charge in [-0.2, -0.15) is 0 Å². The lowest BCUT2D eigenvalue weighted by Gasteiger charge is -2.09. The standard InChI is InChI=1S/C19H20N2O3/c1-24-15-7-8-18(22)16(13-15)19(23)20-10-4-11-21-12-9-14-5-2-3-6-17(14)21/h2-3,5-9,12-13,22H,4,10-11H2,1H3,(H,20,23). The maximum atomic E-state index is 12.2. The van der Waals surface area contributed by atoms with Crippen LogP contribution in [0.3, 0.4) is 0 Å². The molecular formula is C19H20N2O3. The molecule has 0 bridgehead atoms. The molecule has 5 heteroatoms. The highest BCUT2D eigenvalue weighted by Crippen LogP contribution is 2.22. The molecule has 1 aromatic heterocycles. The van der Waals surface area contributed by atoms with Gasteiger partial charge < -0.3 is 19.7 Å². The number of methoxy groups -OCH3 is 1. The van der Waals surface area contributed by atoms with E-state index in [-0.39, 0.29) is 17.2 Å². The normalized spacial score (nSPS) is 10.7. The minimum Gasteiger partial charge on any atom is -0.507 e. The first-order chi connectivity index (χ1) is 11.7. The summed E-state index contributed by atoms with van der Waals surface area (Å²) in [5.41, 5.74) is 1.41. The molecule has 0 aliphatic heterocycles. The summed E-state index contributed by atoms with van der Waals surface area (Å²) < 4.78 is 7.25. The van der Waals surface area contributed by atoms with E-state index in [2.05, 4.69) is 34.3 Å². The largest absolute Gasteiger partial charge is 0.507 e. The average molecular weight is 324 g/mol. The van der Waals surface area contributed by atoms with Gasteiger partial charge in [0.1, 0.15) is 11.5 Å². The minimum atomic E-state index is -0.302. The molecule has 0 fully saturated rings. The first-order valence-corrected chi connectivity index (χ1v) is 7.88. The lowest BCUT2D eigenvalue weighted by molar-refractivity contribution is 0.0949. The van der Waals surface area contributed by atoms with Crippen molar-refractivity contribution in [3.05, 3.63) is 60.3 Å². The molecule has 5 nitrogen and oxygen atoms in total. The van der Waals surface area contributed by atoms with E-state index in [9.17, 15) is 9.90 Å². The van der Waals surface area contributed by atoms with E-state index in [1.807, 2.05) is 12.1 Å². The van der Waals surface area contributed by atoms with Crippen molar-refractivity contribution in [2.45, 2.75) is 13.0 Å². The van der Waals surface area contributed by atoms with Gasteiger partial charge in [-0.1, -0.05) is 18.2 Å². The van der Waals surface area contributed by atoms with Crippen LogP contribution in [0.15, 0.2) is 54.7 Å². The van der Waals surface area contributed by atoms with E-state index in [1.54, 1.807) is 6.07 Å². The number of hydrogen-bond donors (Lipinski definition) is 2. The molecule has 0 saturated carbocycles. The maximum absolute atomic E-state index is 12.2. The number of phenols is 1. The number of aromatic nitrogens is 1. The fourth-order valence-electron chi connectivity index (χ4n) is 2.71. The van der Waals surface area contributed by atoms with Crippen molar-refractivity contribution in [1.82, 2.24) is 9.88 Å². The number of amides is 1. The van der Waals surface area contributed by atoms with Crippen LogP contribution < -0.4 is 10.1 Å². The smallest absolute Gasteiger partial charge is 0.255 e. The molecular weight excluding hydrogens is 304 g/mol.